The van der Waals surface area contributed by atoms with Crippen molar-refractivity contribution < 1.29 is 9.53 Å². The smallest absolute Gasteiger partial charge is 0.260 e. The second-order valence-corrected chi connectivity index (χ2v) is 5.04. The van der Waals surface area contributed by atoms with Crippen molar-refractivity contribution in [1.82, 2.24) is 9.99 Å². The Labute approximate surface area is 134 Å². The van der Waals surface area contributed by atoms with Gasteiger partial charge in [0.1, 0.15) is 12.3 Å². The molecule has 0 saturated carbocycles. The van der Waals surface area contributed by atoms with Crippen LogP contribution in [0.3, 0.4) is 0 Å². The number of aromatic nitrogens is 1. The highest BCUT2D eigenvalue weighted by atomic mass is 16.5. The zero-order valence-electron chi connectivity index (χ0n) is 13.2. The quantitative estimate of drug-likeness (QED) is 0.650. The summed E-state index contributed by atoms with van der Waals surface area (Å²) in [6.45, 7) is 1.76. The molecular weight excluding hydrogens is 294 g/mol. The highest BCUT2D eigenvalue weighted by Gasteiger charge is 2.05. The maximum absolute atomic E-state index is 11.8. The van der Waals surface area contributed by atoms with Crippen LogP contribution in [0.2, 0.25) is 0 Å². The molecular formula is C17H19N3O3. The number of rotatable bonds is 6. The fourth-order valence-electron chi connectivity index (χ4n) is 2.10. The molecule has 2 rings (SSSR count). The van der Waals surface area contributed by atoms with Gasteiger partial charge in [0.15, 0.2) is 0 Å². The van der Waals surface area contributed by atoms with Gasteiger partial charge in [-0.25, -0.2) is 5.43 Å². The van der Waals surface area contributed by atoms with E-state index in [1.165, 1.54) is 10.6 Å². The van der Waals surface area contributed by atoms with Gasteiger partial charge < -0.3 is 9.30 Å². The Balaban J connectivity index is 1.95. The Hall–Kier alpha value is -2.89. The Morgan fingerprint density at radius 3 is 2.70 bits per heavy atom. The van der Waals surface area contributed by atoms with Crippen LogP contribution in [0.25, 0.3) is 0 Å². The van der Waals surface area contributed by atoms with Crippen LogP contribution in [0.4, 0.5) is 0 Å². The van der Waals surface area contributed by atoms with Gasteiger partial charge in [0.05, 0.1) is 7.11 Å². The van der Waals surface area contributed by atoms with Crippen molar-refractivity contribution in [2.75, 3.05) is 7.11 Å². The van der Waals surface area contributed by atoms with Crippen LogP contribution in [0.5, 0.6) is 5.75 Å². The molecule has 23 heavy (non-hydrogen) atoms. The third-order valence-electron chi connectivity index (χ3n) is 3.22. The van der Waals surface area contributed by atoms with Crippen LogP contribution in [-0.4, -0.2) is 23.3 Å². The monoisotopic (exact) mass is 313 g/mol. The first-order valence-corrected chi connectivity index (χ1v) is 7.19. The number of nitrogens with zero attached hydrogens (tertiary/aromatic N) is 2. The molecule has 0 atom stereocenters. The van der Waals surface area contributed by atoms with E-state index in [1.54, 1.807) is 25.4 Å². The number of carbonyl (C=O) groups excluding carboxylic acids is 1. The molecule has 1 N–H and O–H groups in total. The molecule has 0 radical (unpaired) electrons. The zero-order chi connectivity index (χ0) is 16.7. The fraction of sp³-hybridized carbons (Fsp3) is 0.235. The van der Waals surface area contributed by atoms with Crippen molar-refractivity contribution in [2.24, 2.45) is 5.10 Å². The third kappa shape index (κ3) is 4.81. The lowest BCUT2D eigenvalue weighted by Gasteiger charge is -2.08. The van der Waals surface area contributed by atoms with Crippen molar-refractivity contribution in [1.29, 1.82) is 0 Å². The number of pyridine rings is 1. The van der Waals surface area contributed by atoms with Crippen LogP contribution >= 0.6 is 0 Å². The van der Waals surface area contributed by atoms with Gasteiger partial charge in [-0.15, -0.1) is 0 Å². The predicted molar refractivity (Wildman–Crippen MR) is 88.7 cm³/mol. The van der Waals surface area contributed by atoms with Crippen LogP contribution in [0.15, 0.2) is 58.6 Å². The summed E-state index contributed by atoms with van der Waals surface area (Å²) in [6, 6.07) is 12.4. The largest absolute Gasteiger partial charge is 0.496 e. The molecule has 1 aromatic carbocycles. The van der Waals surface area contributed by atoms with Crippen molar-refractivity contribution >= 4 is 11.6 Å². The predicted octanol–water partition coefficient (Wildman–Crippen LogP) is 1.59. The standard InChI is InChI=1S/C17H19N3O3/c1-13(11-14-7-3-4-8-15(14)23-2)18-19-16(21)12-20-10-6-5-9-17(20)22/h3-10H,11-12H2,1-2H3,(H,19,21)/b18-13-. The third-order valence-corrected chi connectivity index (χ3v) is 3.22. The fourth-order valence-corrected chi connectivity index (χ4v) is 2.10. The van der Waals surface area contributed by atoms with E-state index in [0.29, 0.717) is 6.42 Å². The molecule has 2 aromatic rings. The molecule has 0 aliphatic heterocycles. The summed E-state index contributed by atoms with van der Waals surface area (Å²) < 4.78 is 6.60. The van der Waals surface area contributed by atoms with Crippen molar-refractivity contribution in [3.63, 3.8) is 0 Å². The Morgan fingerprint density at radius 1 is 1.22 bits per heavy atom. The van der Waals surface area contributed by atoms with Crippen LogP contribution < -0.4 is 15.7 Å². The average molecular weight is 313 g/mol. The minimum Gasteiger partial charge on any atom is -0.496 e. The van der Waals surface area contributed by atoms with Gasteiger partial charge in [-0.1, -0.05) is 24.3 Å². The molecule has 1 amide bonds. The van der Waals surface area contributed by atoms with E-state index in [0.717, 1.165) is 17.0 Å². The first-order valence-electron chi connectivity index (χ1n) is 7.19. The lowest BCUT2D eigenvalue weighted by atomic mass is 10.1. The number of benzene rings is 1. The van der Waals surface area contributed by atoms with E-state index < -0.39 is 0 Å². The second kappa shape index (κ2) is 7.93. The summed E-state index contributed by atoms with van der Waals surface area (Å²) >= 11 is 0. The van der Waals surface area contributed by atoms with Gasteiger partial charge in [-0.2, -0.15) is 5.10 Å². The molecule has 1 aromatic heterocycles. The molecule has 0 spiro atoms. The van der Waals surface area contributed by atoms with E-state index in [1.807, 2.05) is 31.2 Å². The maximum atomic E-state index is 11.8. The summed E-state index contributed by atoms with van der Waals surface area (Å²) in [5.74, 6) is 0.432. The number of carbonyl (C=O) groups is 1. The molecule has 0 aliphatic carbocycles. The minimum absolute atomic E-state index is 0.0644. The number of hydrogen-bond donors (Lipinski definition) is 1. The number of hydrazone groups is 1. The summed E-state index contributed by atoms with van der Waals surface area (Å²) in [6.07, 6.45) is 2.13. The van der Waals surface area contributed by atoms with Gasteiger partial charge in [0.2, 0.25) is 0 Å². The van der Waals surface area contributed by atoms with Crippen molar-refractivity contribution in [2.45, 2.75) is 19.9 Å². The van der Waals surface area contributed by atoms with Gasteiger partial charge in [0, 0.05) is 24.4 Å². The number of hydrogen-bond acceptors (Lipinski definition) is 4. The minimum atomic E-state index is -0.349. The topological polar surface area (TPSA) is 72.7 Å². The van der Waals surface area contributed by atoms with Gasteiger partial charge >= 0.3 is 0 Å². The van der Waals surface area contributed by atoms with E-state index in [4.69, 9.17) is 4.74 Å². The number of para-hydroxylation sites is 1. The van der Waals surface area contributed by atoms with E-state index in [2.05, 4.69) is 10.5 Å². The molecule has 0 aliphatic rings. The molecule has 1 heterocycles. The van der Waals surface area contributed by atoms with E-state index in [-0.39, 0.29) is 18.0 Å². The van der Waals surface area contributed by atoms with Crippen LogP contribution in [0, 0.1) is 0 Å². The van der Waals surface area contributed by atoms with Crippen LogP contribution in [-0.2, 0) is 17.8 Å². The summed E-state index contributed by atoms with van der Waals surface area (Å²) in [5, 5.41) is 4.07. The lowest BCUT2D eigenvalue weighted by molar-refractivity contribution is -0.121. The summed E-state index contributed by atoms with van der Waals surface area (Å²) in [7, 11) is 1.62. The molecule has 6 heteroatoms. The molecule has 0 unspecified atom stereocenters. The first-order chi connectivity index (χ1) is 11.1. The molecule has 0 saturated heterocycles. The van der Waals surface area contributed by atoms with E-state index in [9.17, 15) is 9.59 Å². The highest BCUT2D eigenvalue weighted by molar-refractivity contribution is 5.86. The molecule has 6 nitrogen and oxygen atoms in total. The SMILES string of the molecule is COc1ccccc1C/C(C)=N\NC(=O)Cn1ccccc1=O. The average Bonchev–Trinajstić information content (AvgIpc) is 2.55. The van der Waals surface area contributed by atoms with Crippen LogP contribution in [0.1, 0.15) is 12.5 Å². The van der Waals surface area contributed by atoms with Crippen molar-refractivity contribution in [3.8, 4) is 5.75 Å². The number of ether oxygens (including phenoxy) is 1. The normalized spacial score (nSPS) is 11.1. The second-order valence-electron chi connectivity index (χ2n) is 5.04. The summed E-state index contributed by atoms with van der Waals surface area (Å²) in [4.78, 5) is 23.4. The van der Waals surface area contributed by atoms with Gasteiger partial charge in [0.25, 0.3) is 11.5 Å². The molecule has 120 valence electrons. The Kier molecular flexibility index (Phi) is 5.68. The first kappa shape index (κ1) is 16.5. The van der Waals surface area contributed by atoms with E-state index >= 15 is 0 Å². The highest BCUT2D eigenvalue weighted by Crippen LogP contribution is 2.17. The molecule has 0 bridgehead atoms. The Morgan fingerprint density at radius 2 is 1.96 bits per heavy atom. The Bertz CT molecular complexity index is 765. The van der Waals surface area contributed by atoms with Crippen molar-refractivity contribution in [3.05, 3.63) is 64.6 Å². The maximum Gasteiger partial charge on any atom is 0.260 e. The summed E-state index contributed by atoms with van der Waals surface area (Å²) in [5.41, 5.74) is 3.97. The number of nitrogens with one attached hydrogen (secondary N) is 1. The number of amides is 1. The van der Waals surface area contributed by atoms with Gasteiger partial charge in [-0.05, 0) is 24.6 Å². The lowest BCUT2D eigenvalue weighted by Crippen LogP contribution is -2.29. The zero-order valence-corrected chi connectivity index (χ0v) is 13.2. The van der Waals surface area contributed by atoms with Gasteiger partial charge in [-0.3, -0.25) is 9.59 Å². The molecule has 0 fully saturated rings. The number of methoxy groups -OCH3 is 1.